The second-order valence-corrected chi connectivity index (χ2v) is 5.54. The van der Waals surface area contributed by atoms with Crippen molar-refractivity contribution in [1.29, 1.82) is 0 Å². The van der Waals surface area contributed by atoms with Crippen molar-refractivity contribution in [3.8, 4) is 0 Å². The maximum absolute atomic E-state index is 12.6. The summed E-state index contributed by atoms with van der Waals surface area (Å²) < 4.78 is 1.41. The van der Waals surface area contributed by atoms with E-state index in [0.29, 0.717) is 11.2 Å². The maximum atomic E-state index is 12.6. The highest BCUT2D eigenvalue weighted by Crippen LogP contribution is 2.20. The van der Waals surface area contributed by atoms with Crippen molar-refractivity contribution in [3.63, 3.8) is 0 Å². The van der Waals surface area contributed by atoms with E-state index in [9.17, 15) is 9.59 Å². The minimum Gasteiger partial charge on any atom is -0.385 e. The van der Waals surface area contributed by atoms with Gasteiger partial charge < -0.3 is 10.6 Å². The largest absolute Gasteiger partial charge is 0.385 e. The van der Waals surface area contributed by atoms with Crippen LogP contribution in [0.5, 0.6) is 0 Å². The van der Waals surface area contributed by atoms with Crippen molar-refractivity contribution in [2.45, 2.75) is 25.8 Å². The van der Waals surface area contributed by atoms with Crippen LogP contribution >= 0.6 is 0 Å². The predicted octanol–water partition coefficient (Wildman–Crippen LogP) is 1.77. The van der Waals surface area contributed by atoms with Gasteiger partial charge in [-0.05, 0) is 37.3 Å². The Morgan fingerprint density at radius 2 is 1.90 bits per heavy atom. The van der Waals surface area contributed by atoms with E-state index in [0.717, 1.165) is 31.3 Å². The summed E-state index contributed by atoms with van der Waals surface area (Å²) in [7, 11) is 0. The van der Waals surface area contributed by atoms with Crippen molar-refractivity contribution in [2.24, 2.45) is 0 Å². The Morgan fingerprint density at radius 3 is 2.62 bits per heavy atom. The van der Waals surface area contributed by atoms with Gasteiger partial charge in [0, 0.05) is 18.5 Å². The standard InChI is InChI=1S/C16H19N3O2/c1-11(15(20)18-8-4-5-9-18)19-14(17)10-12-6-2-3-7-13(12)16(19)21/h2-3,6-7,10-11H,4-5,8-9,17H2,1H3. The highest BCUT2D eigenvalue weighted by Gasteiger charge is 2.26. The van der Waals surface area contributed by atoms with Crippen LogP contribution in [-0.2, 0) is 4.79 Å². The first-order valence-electron chi connectivity index (χ1n) is 7.28. The summed E-state index contributed by atoms with van der Waals surface area (Å²) in [4.78, 5) is 26.9. The number of anilines is 1. The molecule has 2 N–H and O–H groups in total. The van der Waals surface area contributed by atoms with Crippen LogP contribution in [0.4, 0.5) is 5.82 Å². The molecule has 5 nitrogen and oxygen atoms in total. The van der Waals surface area contributed by atoms with Gasteiger partial charge >= 0.3 is 0 Å². The van der Waals surface area contributed by atoms with Gasteiger partial charge in [-0.1, -0.05) is 18.2 Å². The molecule has 2 aromatic rings. The number of hydrogen-bond donors (Lipinski definition) is 1. The first-order chi connectivity index (χ1) is 10.1. The number of fused-ring (bicyclic) bond motifs is 1. The molecule has 0 saturated carbocycles. The van der Waals surface area contributed by atoms with Crippen molar-refractivity contribution < 1.29 is 4.79 Å². The molecule has 1 aliphatic rings. The predicted molar refractivity (Wildman–Crippen MR) is 83.1 cm³/mol. The first-order valence-corrected chi connectivity index (χ1v) is 7.28. The quantitative estimate of drug-likeness (QED) is 0.914. The Morgan fingerprint density at radius 1 is 1.24 bits per heavy atom. The Bertz CT molecular complexity index is 745. The maximum Gasteiger partial charge on any atom is 0.260 e. The van der Waals surface area contributed by atoms with Crippen LogP contribution in [-0.4, -0.2) is 28.5 Å². The summed E-state index contributed by atoms with van der Waals surface area (Å²) in [5.74, 6) is 0.301. The molecular weight excluding hydrogens is 266 g/mol. The van der Waals surface area contributed by atoms with E-state index in [4.69, 9.17) is 5.73 Å². The third kappa shape index (κ3) is 2.28. The third-order valence-electron chi connectivity index (χ3n) is 4.15. The number of aromatic nitrogens is 1. The Labute approximate surface area is 123 Å². The van der Waals surface area contributed by atoms with E-state index in [1.165, 1.54) is 4.57 Å². The monoisotopic (exact) mass is 285 g/mol. The van der Waals surface area contributed by atoms with Gasteiger partial charge in [0.25, 0.3) is 5.56 Å². The average molecular weight is 285 g/mol. The summed E-state index contributed by atoms with van der Waals surface area (Å²) in [6.07, 6.45) is 2.06. The second-order valence-electron chi connectivity index (χ2n) is 5.54. The molecule has 0 radical (unpaired) electrons. The fourth-order valence-corrected chi connectivity index (χ4v) is 3.01. The molecular formula is C16H19N3O2. The number of benzene rings is 1. The van der Waals surface area contributed by atoms with E-state index in [1.807, 2.05) is 23.1 Å². The minimum atomic E-state index is -0.569. The molecule has 1 fully saturated rings. The van der Waals surface area contributed by atoms with Crippen LogP contribution in [0.15, 0.2) is 35.1 Å². The van der Waals surface area contributed by atoms with Crippen molar-refractivity contribution in [1.82, 2.24) is 9.47 Å². The number of nitrogens with zero attached hydrogens (tertiary/aromatic N) is 2. The molecule has 1 amide bonds. The molecule has 1 saturated heterocycles. The number of likely N-dealkylation sites (tertiary alicyclic amines) is 1. The van der Waals surface area contributed by atoms with Crippen molar-refractivity contribution in [2.75, 3.05) is 18.8 Å². The molecule has 1 unspecified atom stereocenters. The first kappa shape index (κ1) is 13.7. The summed E-state index contributed by atoms with van der Waals surface area (Å²) in [6, 6.07) is 8.48. The van der Waals surface area contributed by atoms with Gasteiger partial charge in [-0.3, -0.25) is 14.2 Å². The molecule has 1 aromatic heterocycles. The van der Waals surface area contributed by atoms with E-state index >= 15 is 0 Å². The molecule has 1 atom stereocenters. The van der Waals surface area contributed by atoms with Gasteiger partial charge in [-0.15, -0.1) is 0 Å². The van der Waals surface area contributed by atoms with Crippen molar-refractivity contribution in [3.05, 3.63) is 40.7 Å². The number of nitrogens with two attached hydrogens (primary N) is 1. The molecule has 5 heteroatoms. The van der Waals surface area contributed by atoms with E-state index in [1.54, 1.807) is 19.1 Å². The highest BCUT2D eigenvalue weighted by atomic mass is 16.2. The van der Waals surface area contributed by atoms with E-state index in [2.05, 4.69) is 0 Å². The lowest BCUT2D eigenvalue weighted by Gasteiger charge is -2.23. The third-order valence-corrected chi connectivity index (χ3v) is 4.15. The number of rotatable bonds is 2. The molecule has 1 aromatic carbocycles. The van der Waals surface area contributed by atoms with E-state index in [-0.39, 0.29) is 11.5 Å². The SMILES string of the molecule is CC(C(=O)N1CCCC1)n1c(N)cc2ccccc2c1=O. The van der Waals surface area contributed by atoms with Crippen LogP contribution in [0.2, 0.25) is 0 Å². The van der Waals surface area contributed by atoms with Crippen LogP contribution < -0.4 is 11.3 Å². The Kier molecular flexibility index (Phi) is 3.41. The fraction of sp³-hybridized carbons (Fsp3) is 0.375. The lowest BCUT2D eigenvalue weighted by Crippen LogP contribution is -2.38. The Balaban J connectivity index is 2.07. The molecule has 0 bridgehead atoms. The second kappa shape index (κ2) is 5.24. The normalized spacial score (nSPS) is 16.3. The zero-order valence-electron chi connectivity index (χ0n) is 12.1. The summed E-state index contributed by atoms with van der Waals surface area (Å²) in [5, 5.41) is 1.39. The number of carbonyl (C=O) groups excluding carboxylic acids is 1. The molecule has 0 spiro atoms. The number of amides is 1. The van der Waals surface area contributed by atoms with Crippen LogP contribution in [0.1, 0.15) is 25.8 Å². The number of nitrogen functional groups attached to an aromatic ring is 1. The van der Waals surface area contributed by atoms with Gasteiger partial charge in [-0.2, -0.15) is 0 Å². The topological polar surface area (TPSA) is 68.3 Å². The zero-order chi connectivity index (χ0) is 15.0. The molecule has 3 rings (SSSR count). The van der Waals surface area contributed by atoms with Crippen LogP contribution in [0.25, 0.3) is 10.8 Å². The molecule has 2 heterocycles. The number of pyridine rings is 1. The summed E-state index contributed by atoms with van der Waals surface area (Å²) >= 11 is 0. The highest BCUT2D eigenvalue weighted by molar-refractivity contribution is 5.86. The summed E-state index contributed by atoms with van der Waals surface area (Å²) in [5.41, 5.74) is 5.81. The van der Waals surface area contributed by atoms with Crippen molar-refractivity contribution >= 4 is 22.5 Å². The van der Waals surface area contributed by atoms with Gasteiger partial charge in [0.15, 0.2) is 0 Å². The molecule has 21 heavy (non-hydrogen) atoms. The molecule has 0 aliphatic carbocycles. The molecule has 1 aliphatic heterocycles. The minimum absolute atomic E-state index is 0.0309. The van der Waals surface area contributed by atoms with Gasteiger partial charge in [0.1, 0.15) is 11.9 Å². The number of carbonyl (C=O) groups is 1. The summed E-state index contributed by atoms with van der Waals surface area (Å²) in [6.45, 7) is 3.28. The van der Waals surface area contributed by atoms with E-state index < -0.39 is 6.04 Å². The van der Waals surface area contributed by atoms with Crippen LogP contribution in [0, 0.1) is 0 Å². The van der Waals surface area contributed by atoms with Gasteiger partial charge in [0.05, 0.1) is 0 Å². The van der Waals surface area contributed by atoms with Gasteiger partial charge in [-0.25, -0.2) is 0 Å². The lowest BCUT2D eigenvalue weighted by atomic mass is 10.1. The van der Waals surface area contributed by atoms with Crippen LogP contribution in [0.3, 0.4) is 0 Å². The smallest absolute Gasteiger partial charge is 0.260 e. The zero-order valence-corrected chi connectivity index (χ0v) is 12.1. The Hall–Kier alpha value is -2.30. The number of hydrogen-bond acceptors (Lipinski definition) is 3. The molecule has 110 valence electrons. The van der Waals surface area contributed by atoms with Gasteiger partial charge in [0.2, 0.25) is 5.91 Å². The lowest BCUT2D eigenvalue weighted by molar-refractivity contribution is -0.133. The fourth-order valence-electron chi connectivity index (χ4n) is 3.01. The average Bonchev–Trinajstić information content (AvgIpc) is 3.00.